The molecule has 1 aromatic carbocycles. The van der Waals surface area contributed by atoms with Crippen molar-refractivity contribution in [2.75, 3.05) is 5.32 Å². The number of benzene rings is 1. The molecule has 2 N–H and O–H groups in total. The van der Waals surface area contributed by atoms with Crippen molar-refractivity contribution in [3.63, 3.8) is 0 Å². The van der Waals surface area contributed by atoms with Gasteiger partial charge in [-0.1, -0.05) is 12.1 Å². The quantitative estimate of drug-likeness (QED) is 0.677. The Hall–Kier alpha value is -2.73. The van der Waals surface area contributed by atoms with Crippen LogP contribution in [0, 0.1) is 6.92 Å². The monoisotopic (exact) mass is 396 g/mol. The maximum Gasteiger partial charge on any atom is 0.270 e. The van der Waals surface area contributed by atoms with Gasteiger partial charge < -0.3 is 10.6 Å². The fraction of sp³-hybridized carbons (Fsp3) is 0.105. The molecule has 0 fully saturated rings. The molecule has 0 saturated carbocycles. The van der Waals surface area contributed by atoms with Gasteiger partial charge in [0.05, 0.1) is 17.9 Å². The second kappa shape index (κ2) is 7.90. The molecule has 0 spiro atoms. The van der Waals surface area contributed by atoms with E-state index in [9.17, 15) is 4.79 Å². The minimum atomic E-state index is -0.239. The molecule has 2 aromatic heterocycles. The molecule has 126 valence electrons. The average Bonchev–Trinajstić information content (AvgIpc) is 2.63. The Morgan fingerprint density at radius 1 is 1.08 bits per heavy atom. The highest BCUT2D eigenvalue weighted by Crippen LogP contribution is 2.26. The summed E-state index contributed by atoms with van der Waals surface area (Å²) in [5.74, 6) is -0.239. The zero-order valence-corrected chi connectivity index (χ0v) is 15.2. The van der Waals surface area contributed by atoms with Crippen LogP contribution in [0.2, 0.25) is 0 Å². The number of aromatic nitrogens is 2. The average molecular weight is 397 g/mol. The van der Waals surface area contributed by atoms with Crippen LogP contribution in [0.25, 0.3) is 0 Å². The van der Waals surface area contributed by atoms with Gasteiger partial charge in [-0.3, -0.25) is 14.8 Å². The van der Waals surface area contributed by atoms with Crippen molar-refractivity contribution in [2.24, 2.45) is 0 Å². The number of amides is 1. The van der Waals surface area contributed by atoms with E-state index in [4.69, 9.17) is 0 Å². The number of halogens is 1. The first-order valence-corrected chi connectivity index (χ1v) is 8.58. The van der Waals surface area contributed by atoms with Gasteiger partial charge >= 0.3 is 0 Å². The van der Waals surface area contributed by atoms with Crippen molar-refractivity contribution >= 4 is 33.2 Å². The zero-order valence-electron chi connectivity index (χ0n) is 13.7. The molecule has 2 heterocycles. The standard InChI is InChI=1S/C19H17BrN4O/c1-13-5-6-17(16(20)10-13)24-14-7-9-22-18(11-14)19(25)23-12-15-4-2-3-8-21-15/h2-11H,12H2,1H3,(H,22,24)(H,23,25). The summed E-state index contributed by atoms with van der Waals surface area (Å²) in [6.45, 7) is 2.40. The van der Waals surface area contributed by atoms with Crippen LogP contribution in [-0.4, -0.2) is 15.9 Å². The molecular formula is C19H17BrN4O. The highest BCUT2D eigenvalue weighted by atomic mass is 79.9. The predicted octanol–water partition coefficient (Wildman–Crippen LogP) is 4.22. The van der Waals surface area contributed by atoms with E-state index in [1.165, 1.54) is 5.56 Å². The van der Waals surface area contributed by atoms with Gasteiger partial charge in [0.1, 0.15) is 5.69 Å². The van der Waals surface area contributed by atoms with Crippen LogP contribution in [0.4, 0.5) is 11.4 Å². The minimum Gasteiger partial charge on any atom is -0.354 e. The SMILES string of the molecule is Cc1ccc(Nc2ccnc(C(=O)NCc3ccccn3)c2)c(Br)c1. The van der Waals surface area contributed by atoms with Crippen LogP contribution >= 0.6 is 15.9 Å². The highest BCUT2D eigenvalue weighted by Gasteiger charge is 2.09. The summed E-state index contributed by atoms with van der Waals surface area (Å²) in [6.07, 6.45) is 3.31. The maximum atomic E-state index is 12.3. The van der Waals surface area contributed by atoms with Crippen LogP contribution in [-0.2, 0) is 6.54 Å². The number of hydrogen-bond acceptors (Lipinski definition) is 4. The van der Waals surface area contributed by atoms with Crippen molar-refractivity contribution < 1.29 is 4.79 Å². The highest BCUT2D eigenvalue weighted by molar-refractivity contribution is 9.10. The largest absolute Gasteiger partial charge is 0.354 e. The lowest BCUT2D eigenvalue weighted by atomic mass is 10.2. The molecule has 1 amide bonds. The summed E-state index contributed by atoms with van der Waals surface area (Å²) in [5, 5.41) is 6.11. The second-order valence-electron chi connectivity index (χ2n) is 5.54. The molecule has 25 heavy (non-hydrogen) atoms. The lowest BCUT2D eigenvalue weighted by molar-refractivity contribution is 0.0945. The third-order valence-corrected chi connectivity index (χ3v) is 4.21. The molecule has 3 aromatic rings. The topological polar surface area (TPSA) is 66.9 Å². The van der Waals surface area contributed by atoms with Crippen molar-refractivity contribution in [2.45, 2.75) is 13.5 Å². The van der Waals surface area contributed by atoms with Gasteiger partial charge in [-0.05, 0) is 64.8 Å². The molecular weight excluding hydrogens is 380 g/mol. The summed E-state index contributed by atoms with van der Waals surface area (Å²) in [5.41, 5.74) is 4.04. The fourth-order valence-corrected chi connectivity index (χ4v) is 2.87. The predicted molar refractivity (Wildman–Crippen MR) is 102 cm³/mol. The van der Waals surface area contributed by atoms with Crippen molar-refractivity contribution in [1.29, 1.82) is 0 Å². The second-order valence-corrected chi connectivity index (χ2v) is 6.40. The lowest BCUT2D eigenvalue weighted by Gasteiger charge is -2.10. The van der Waals surface area contributed by atoms with Crippen LogP contribution in [0.3, 0.4) is 0 Å². The number of hydrogen-bond donors (Lipinski definition) is 2. The van der Waals surface area contributed by atoms with Gasteiger partial charge in [-0.25, -0.2) is 0 Å². The Kier molecular flexibility index (Phi) is 5.40. The first kappa shape index (κ1) is 17.1. The first-order chi connectivity index (χ1) is 12.1. The van der Waals surface area contributed by atoms with Crippen LogP contribution < -0.4 is 10.6 Å². The molecule has 3 rings (SSSR count). The van der Waals surface area contributed by atoms with Gasteiger partial charge in [0, 0.05) is 22.6 Å². The number of aryl methyl sites for hydroxylation is 1. The van der Waals surface area contributed by atoms with E-state index in [0.717, 1.165) is 21.5 Å². The van der Waals surface area contributed by atoms with E-state index in [1.54, 1.807) is 18.5 Å². The summed E-state index contributed by atoms with van der Waals surface area (Å²) in [7, 11) is 0. The molecule has 0 saturated heterocycles. The Bertz CT molecular complexity index is 884. The summed E-state index contributed by atoms with van der Waals surface area (Å²) >= 11 is 3.54. The third-order valence-electron chi connectivity index (χ3n) is 3.55. The smallest absolute Gasteiger partial charge is 0.270 e. The molecule has 0 bridgehead atoms. The number of pyridine rings is 2. The molecule has 0 radical (unpaired) electrons. The van der Waals surface area contributed by atoms with Crippen molar-refractivity contribution in [3.8, 4) is 0 Å². The van der Waals surface area contributed by atoms with Crippen LogP contribution in [0.15, 0.2) is 65.4 Å². The molecule has 5 nitrogen and oxygen atoms in total. The number of rotatable bonds is 5. The minimum absolute atomic E-state index is 0.239. The lowest BCUT2D eigenvalue weighted by Crippen LogP contribution is -2.24. The molecule has 0 atom stereocenters. The number of nitrogens with zero attached hydrogens (tertiary/aromatic N) is 2. The number of carbonyl (C=O) groups excluding carboxylic acids is 1. The molecule has 0 aliphatic carbocycles. The Balaban J connectivity index is 1.69. The van der Waals surface area contributed by atoms with E-state index < -0.39 is 0 Å². The summed E-state index contributed by atoms with van der Waals surface area (Å²) < 4.78 is 0.963. The van der Waals surface area contributed by atoms with E-state index in [-0.39, 0.29) is 5.91 Å². The first-order valence-electron chi connectivity index (χ1n) is 7.79. The molecule has 0 unspecified atom stereocenters. The van der Waals surface area contributed by atoms with Crippen LogP contribution in [0.1, 0.15) is 21.7 Å². The van der Waals surface area contributed by atoms with Crippen molar-refractivity contribution in [3.05, 3.63) is 82.3 Å². The Labute approximate surface area is 154 Å². The van der Waals surface area contributed by atoms with Gasteiger partial charge in [-0.2, -0.15) is 0 Å². The number of carbonyl (C=O) groups is 1. The summed E-state index contributed by atoms with van der Waals surface area (Å²) in [6, 6.07) is 15.2. The van der Waals surface area contributed by atoms with Crippen LogP contribution in [0.5, 0.6) is 0 Å². The molecule has 0 aliphatic rings. The van der Waals surface area contributed by atoms with Gasteiger partial charge in [0.2, 0.25) is 0 Å². The molecule has 0 aliphatic heterocycles. The van der Waals surface area contributed by atoms with Gasteiger partial charge in [0.25, 0.3) is 5.91 Å². The summed E-state index contributed by atoms with van der Waals surface area (Å²) in [4.78, 5) is 20.6. The van der Waals surface area contributed by atoms with E-state index in [0.29, 0.717) is 12.2 Å². The number of nitrogens with one attached hydrogen (secondary N) is 2. The molecule has 6 heteroatoms. The van der Waals surface area contributed by atoms with E-state index in [1.807, 2.05) is 49.4 Å². The Morgan fingerprint density at radius 2 is 1.96 bits per heavy atom. The third kappa shape index (κ3) is 4.64. The normalized spacial score (nSPS) is 10.3. The number of anilines is 2. The van der Waals surface area contributed by atoms with E-state index >= 15 is 0 Å². The van der Waals surface area contributed by atoms with E-state index in [2.05, 4.69) is 36.5 Å². The fourth-order valence-electron chi connectivity index (χ4n) is 2.27. The maximum absolute atomic E-state index is 12.3. The van der Waals surface area contributed by atoms with Gasteiger partial charge in [-0.15, -0.1) is 0 Å². The van der Waals surface area contributed by atoms with Gasteiger partial charge in [0.15, 0.2) is 0 Å². The Morgan fingerprint density at radius 3 is 2.72 bits per heavy atom. The van der Waals surface area contributed by atoms with Crippen molar-refractivity contribution in [1.82, 2.24) is 15.3 Å². The zero-order chi connectivity index (χ0) is 17.6.